The van der Waals surface area contributed by atoms with Crippen LogP contribution in [-0.2, 0) is 61.3 Å². The van der Waals surface area contributed by atoms with Crippen LogP contribution in [0.25, 0.3) is 0 Å². The van der Waals surface area contributed by atoms with Gasteiger partial charge in [0.1, 0.15) is 6.10 Å². The van der Waals surface area contributed by atoms with Crippen LogP contribution in [-0.4, -0.2) is 22.9 Å². The van der Waals surface area contributed by atoms with E-state index in [0.29, 0.717) is 22.5 Å². The van der Waals surface area contributed by atoms with Gasteiger partial charge in [-0.3, -0.25) is 14.4 Å². The minimum absolute atomic E-state index is 0. The molecule has 0 aliphatic heterocycles. The largest absolute Gasteiger partial charge is 0.466 e. The zero-order valence-electron chi connectivity index (χ0n) is 31.5. The number of aryl methyl sites for hydroxylation is 2. The Morgan fingerprint density at radius 2 is 1.06 bits per heavy atom. The average Bonchev–Trinajstić information content (AvgIpc) is 3.02. The number of rotatable bonds is 7. The van der Waals surface area contributed by atoms with Crippen LogP contribution in [0.1, 0.15) is 105 Å². The van der Waals surface area contributed by atoms with Gasteiger partial charge in [0.15, 0.2) is 0 Å². The third kappa shape index (κ3) is 12.4. The Hall–Kier alpha value is -3.37. The Morgan fingerprint density at radius 3 is 1.51 bits per heavy atom. The first-order valence-electron chi connectivity index (χ1n) is 16.4. The third-order valence-corrected chi connectivity index (χ3v) is 8.38. The molecule has 2 unspecified atom stereocenters. The first-order chi connectivity index (χ1) is 22.8. The van der Waals surface area contributed by atoms with Crippen LogP contribution in [0.5, 0.6) is 0 Å². The van der Waals surface area contributed by atoms with Crippen molar-refractivity contribution in [1.29, 1.82) is 0 Å². The Balaban J connectivity index is 0.000000494. The van der Waals surface area contributed by atoms with E-state index in [4.69, 9.17) is 4.74 Å². The van der Waals surface area contributed by atoms with Gasteiger partial charge in [-0.15, -0.1) is 17.7 Å². The molecule has 0 bridgehead atoms. The summed E-state index contributed by atoms with van der Waals surface area (Å²) in [7, 11) is 0. The van der Waals surface area contributed by atoms with Crippen molar-refractivity contribution in [1.82, 2.24) is 0 Å². The van der Waals surface area contributed by atoms with Crippen molar-refractivity contribution >= 4 is 29.2 Å². The Morgan fingerprint density at radius 1 is 0.647 bits per heavy atom. The van der Waals surface area contributed by atoms with E-state index in [1.807, 2.05) is 106 Å². The number of esters is 1. The SMILES string of the molecule is CC(=O)OC(c1c[c-]ccc1NC(=O)C(C)(C)C)c1cccc(C)c1C.Cc1cccc(C(O)c2c[c-]ccc2NC(=O)C(C)(C)C)c1C.[W].[W]. The number of amides is 2. The molecule has 0 aliphatic rings. The molecule has 0 spiro atoms. The molecule has 7 nitrogen and oxygen atoms in total. The number of nitrogens with one attached hydrogen (secondary N) is 2. The Labute approximate surface area is 332 Å². The van der Waals surface area contributed by atoms with Crippen LogP contribution in [0.3, 0.4) is 0 Å². The molecular formula is C42H50N2O5W2-2. The van der Waals surface area contributed by atoms with Gasteiger partial charge in [-0.05, 0) is 61.1 Å². The topological polar surface area (TPSA) is 105 Å². The van der Waals surface area contributed by atoms with Gasteiger partial charge in [-0.25, -0.2) is 0 Å². The molecule has 272 valence electrons. The van der Waals surface area contributed by atoms with E-state index in [2.05, 4.69) is 22.8 Å². The summed E-state index contributed by atoms with van der Waals surface area (Å²) in [5, 5.41) is 16.7. The molecule has 0 fully saturated rings. The van der Waals surface area contributed by atoms with Crippen molar-refractivity contribution in [2.75, 3.05) is 10.6 Å². The number of hydrogen-bond donors (Lipinski definition) is 3. The molecule has 4 rings (SSSR count). The van der Waals surface area contributed by atoms with Crippen LogP contribution >= 0.6 is 0 Å². The molecule has 0 heterocycles. The molecular weight excluding hydrogens is 980 g/mol. The van der Waals surface area contributed by atoms with Crippen LogP contribution in [0.4, 0.5) is 11.4 Å². The maximum absolute atomic E-state index is 12.5. The van der Waals surface area contributed by atoms with Gasteiger partial charge in [0.05, 0.1) is 6.10 Å². The van der Waals surface area contributed by atoms with E-state index in [9.17, 15) is 19.5 Å². The molecule has 0 radical (unpaired) electrons. The molecule has 0 saturated carbocycles. The predicted molar refractivity (Wildman–Crippen MR) is 196 cm³/mol. The first kappa shape index (κ1) is 45.6. The zero-order valence-corrected chi connectivity index (χ0v) is 37.3. The van der Waals surface area contributed by atoms with Gasteiger partial charge in [0.25, 0.3) is 0 Å². The third-order valence-electron chi connectivity index (χ3n) is 8.38. The van der Waals surface area contributed by atoms with Gasteiger partial charge in [-0.1, -0.05) is 94.9 Å². The number of carbonyl (C=O) groups is 3. The smallest absolute Gasteiger partial charge is 0.302 e. The molecule has 9 heteroatoms. The van der Waals surface area contributed by atoms with Gasteiger partial charge in [0.2, 0.25) is 11.8 Å². The van der Waals surface area contributed by atoms with Crippen molar-refractivity contribution in [3.8, 4) is 0 Å². The summed E-state index contributed by atoms with van der Waals surface area (Å²) in [6.45, 7) is 20.6. The van der Waals surface area contributed by atoms with Crippen LogP contribution < -0.4 is 10.6 Å². The fraction of sp³-hybridized carbons (Fsp3) is 0.357. The van der Waals surface area contributed by atoms with E-state index in [1.165, 1.54) is 6.92 Å². The van der Waals surface area contributed by atoms with E-state index in [0.717, 1.165) is 33.4 Å². The number of anilines is 2. The summed E-state index contributed by atoms with van der Waals surface area (Å²) in [6.07, 6.45) is -1.41. The van der Waals surface area contributed by atoms with Crippen molar-refractivity contribution < 1.29 is 66.4 Å². The van der Waals surface area contributed by atoms with E-state index >= 15 is 0 Å². The zero-order chi connectivity index (χ0) is 36.7. The second-order valence-electron chi connectivity index (χ2n) is 14.4. The molecule has 0 aliphatic carbocycles. The van der Waals surface area contributed by atoms with Crippen molar-refractivity contribution in [2.45, 2.75) is 88.4 Å². The Bertz CT molecular complexity index is 1810. The number of aliphatic hydroxyl groups is 1. The van der Waals surface area contributed by atoms with E-state index < -0.39 is 23.0 Å². The molecule has 0 saturated heterocycles. The minimum Gasteiger partial charge on any atom is -0.466 e. The minimum atomic E-state index is -0.803. The second-order valence-corrected chi connectivity index (χ2v) is 14.4. The number of benzene rings is 4. The number of carbonyl (C=O) groups excluding carboxylic acids is 3. The summed E-state index contributed by atoms with van der Waals surface area (Å²) in [5.41, 5.74) is 7.64. The fourth-order valence-electron chi connectivity index (χ4n) is 4.93. The maximum atomic E-state index is 12.5. The molecule has 51 heavy (non-hydrogen) atoms. The number of hydrogen-bond acceptors (Lipinski definition) is 5. The molecule has 0 aromatic heterocycles. The number of ether oxygens (including phenoxy) is 1. The van der Waals surface area contributed by atoms with Gasteiger partial charge in [0, 0.05) is 59.9 Å². The Kier molecular flexibility index (Phi) is 17.4. The average molecular weight is 1030 g/mol. The van der Waals surface area contributed by atoms with E-state index in [-0.39, 0.29) is 59.9 Å². The molecule has 2 atom stereocenters. The van der Waals surface area contributed by atoms with Crippen LogP contribution in [0.15, 0.2) is 72.8 Å². The number of aliphatic hydroxyl groups excluding tert-OH is 1. The molecule has 4 aromatic carbocycles. The first-order valence-corrected chi connectivity index (χ1v) is 16.4. The van der Waals surface area contributed by atoms with Crippen molar-refractivity contribution in [2.24, 2.45) is 10.8 Å². The maximum Gasteiger partial charge on any atom is 0.302 e. The van der Waals surface area contributed by atoms with Crippen molar-refractivity contribution in [3.05, 3.63) is 129 Å². The summed E-state index contributed by atoms with van der Waals surface area (Å²) in [4.78, 5) is 36.5. The predicted octanol–water partition coefficient (Wildman–Crippen LogP) is 8.91. The van der Waals surface area contributed by atoms with Crippen molar-refractivity contribution in [3.63, 3.8) is 0 Å². The second kappa shape index (κ2) is 19.5. The van der Waals surface area contributed by atoms with Crippen LogP contribution in [0.2, 0.25) is 0 Å². The fourth-order valence-corrected chi connectivity index (χ4v) is 4.93. The van der Waals surface area contributed by atoms with Crippen LogP contribution in [0, 0.1) is 50.7 Å². The molecule has 2 amide bonds. The normalized spacial score (nSPS) is 12.1. The van der Waals surface area contributed by atoms with E-state index in [1.54, 1.807) is 36.4 Å². The summed E-state index contributed by atoms with van der Waals surface area (Å²) in [6, 6.07) is 28.3. The molecule has 3 N–H and O–H groups in total. The summed E-state index contributed by atoms with van der Waals surface area (Å²) in [5.74, 6) is -0.571. The quantitative estimate of drug-likeness (QED) is 0.127. The summed E-state index contributed by atoms with van der Waals surface area (Å²) >= 11 is 0. The molecule has 4 aromatic rings. The monoisotopic (exact) mass is 1030 g/mol. The standard InChI is InChI=1S/C22H26NO3.C20H24NO2.2W/c1-14-10-9-12-17(15(14)2)20(26-16(3)24)18-11-7-8-13-19(18)23-21(25)22(4,5)6;1-13-9-8-11-15(14(13)2)18(22)16-10-6-7-12-17(16)21-19(23)20(3,4)5;;/h8-13,20H,1-6H3,(H,23,25);7-12,18,22H,1-5H3,(H,21,23);;/q2*-1;;. The van der Waals surface area contributed by atoms with Gasteiger partial charge < -0.3 is 20.5 Å². The van der Waals surface area contributed by atoms with Gasteiger partial charge in [-0.2, -0.15) is 36.4 Å². The van der Waals surface area contributed by atoms with Gasteiger partial charge >= 0.3 is 5.97 Å². The summed E-state index contributed by atoms with van der Waals surface area (Å²) < 4.78 is 5.66.